The van der Waals surface area contributed by atoms with Gasteiger partial charge >= 0.3 is 0 Å². The Hall–Kier alpha value is -14.0. The Labute approximate surface area is 826 Å². The molecule has 4 aromatic heterocycles. The number of fused-ring (bicyclic) bond motifs is 8. The fourth-order valence-electron chi connectivity index (χ4n) is 16.2. The minimum absolute atomic E-state index is 0. The standard InChI is InChI=1S/2C59H45N4.2Pt/c2*1-59(2,3)47-32-33-60-57(39-47)63-53-27-14-13-26-49(53)50-31-30-42(36-56(50)63)34-41-18-17-25-48(35-41)61-40-62(55-29-16-15-28-54(55)61)58-51(44-21-9-5-10-22-44)37-46(43-19-7-4-8-20-43)38-52(58)45-23-11-6-12-24-45;;/h2*4-33,37-40H,34H2,1-3H3;;/q2*-3;;/i4D,5D,6D,7D,8D,9D,10D,11D,12D,19D,20D,21D,22D,23D,24D,37D,38D;4D,5D,6D,7D,8D,9D,10D,11D,12D,19D,20D,21D,22D,23D,24D,34D2;;. The van der Waals surface area contributed by atoms with Crippen molar-refractivity contribution in [1.82, 2.24) is 19.1 Å². The molecule has 128 heavy (non-hydrogen) atoms. The van der Waals surface area contributed by atoms with Crippen LogP contribution in [0.15, 0.2) is 400 Å². The molecular formula is C118H90N8Pt2-6. The Kier molecular flexibility index (Phi) is 14.6. The van der Waals surface area contributed by atoms with Crippen molar-refractivity contribution in [1.29, 1.82) is 0 Å². The van der Waals surface area contributed by atoms with Crippen LogP contribution in [0, 0.1) is 37.6 Å². The van der Waals surface area contributed by atoms with Gasteiger partial charge in [-0.05, 0) is 175 Å². The number of benzene rings is 16. The van der Waals surface area contributed by atoms with Crippen molar-refractivity contribution >= 4 is 89.1 Å². The zero-order valence-corrected chi connectivity index (χ0v) is 73.7. The molecule has 0 radical (unpaired) electrons. The van der Waals surface area contributed by atoms with Crippen LogP contribution in [0.25, 0.3) is 122 Å². The fourth-order valence-corrected chi connectivity index (χ4v) is 16.2. The molecule has 0 aliphatic carbocycles. The van der Waals surface area contributed by atoms with E-state index in [1.54, 1.807) is 106 Å². The zero-order chi connectivity index (χ0) is 115. The SMILES string of the molecule is [2H]c1c([2H])c([2H])c(-c2c([2H])c(-c3c([2H])c([2H])c([2H])c([2H])c3[2H])c(N3[CH-]N(c4[c-]c(Cc5[c-]c6c(cc5)c5ccccc5n6-c5cc(C(C)(C)C)ccn5)ccc4)c4ccccc43)c(-c3c([2H])c([2H])c([2H])c([2H])c3[2H])c2[2H])c([2H])c1[2H].[2H]c1c([2H])c([2H])c(-c2cc(-c3c([2H])c([2H])c([2H])c([2H])c3[2H])c(N3[CH-]N(c4[c-]c(C([2H])([2H])c5[c-]c6c(cc5)c5ccccc5n6-c5cc(C(C)(C)C)ccn5)ccc4)c4ccccc43)c(-c3c([2H])c([2H])c([2H])c([2H])c3[2H])c2)c([2H])c1[2H].[Pt].[Pt]. The molecule has 0 bridgehead atoms. The Morgan fingerprint density at radius 3 is 1.09 bits per heavy atom. The van der Waals surface area contributed by atoms with Crippen LogP contribution in [-0.2, 0) is 65.8 Å². The number of rotatable bonds is 16. The van der Waals surface area contributed by atoms with Crippen LogP contribution in [0.1, 0.15) is 122 Å². The molecule has 0 atom stereocenters. The van der Waals surface area contributed by atoms with E-state index in [-0.39, 0.29) is 97.7 Å². The maximum absolute atomic E-state index is 10.1. The second-order valence-electron chi connectivity index (χ2n) is 32.0. The van der Waals surface area contributed by atoms with Crippen molar-refractivity contribution in [3.63, 3.8) is 0 Å². The van der Waals surface area contributed by atoms with E-state index < -0.39 is 244 Å². The maximum atomic E-state index is 10.1. The first kappa shape index (κ1) is 52.8. The van der Waals surface area contributed by atoms with Gasteiger partial charge in [0.2, 0.25) is 0 Å². The summed E-state index contributed by atoms with van der Waals surface area (Å²) in [5, 5.41) is 3.81. The normalized spacial score (nSPS) is 16.3. The molecule has 20 aromatic rings. The van der Waals surface area contributed by atoms with Crippen LogP contribution in [-0.4, -0.2) is 19.1 Å². The molecule has 0 N–H and O–H groups in total. The van der Waals surface area contributed by atoms with Gasteiger partial charge in [-0.15, -0.1) is 35.5 Å². The van der Waals surface area contributed by atoms with Crippen LogP contribution in [0.3, 0.4) is 0 Å². The average Bonchev–Trinajstić information content (AvgIpc) is 1.55. The summed E-state index contributed by atoms with van der Waals surface area (Å²) in [4.78, 5) is 16.0. The Morgan fingerprint density at radius 2 is 0.656 bits per heavy atom. The van der Waals surface area contributed by atoms with Gasteiger partial charge in [0, 0.05) is 125 Å². The van der Waals surface area contributed by atoms with Crippen molar-refractivity contribution in [3.8, 4) is 78.4 Å². The predicted molar refractivity (Wildman–Crippen MR) is 524 cm³/mol. The third-order valence-corrected chi connectivity index (χ3v) is 22.1. The zero-order valence-electron chi connectivity index (χ0n) is 103. The summed E-state index contributed by atoms with van der Waals surface area (Å²) < 4.78 is 310. The van der Waals surface area contributed by atoms with Crippen molar-refractivity contribution < 1.29 is 88.7 Å². The molecule has 6 heterocycles. The molecule has 10 heteroatoms. The Balaban J connectivity index is 0.000000198. The molecule has 0 unspecified atom stereocenters. The first-order valence-electron chi connectivity index (χ1n) is 57.5. The summed E-state index contributed by atoms with van der Waals surface area (Å²) in [7, 11) is 0. The summed E-state index contributed by atoms with van der Waals surface area (Å²) in [6.07, 6.45) is 1.72. The number of hydrogen-bond acceptors (Lipinski definition) is 6. The monoisotopic (exact) mass is 2040 g/mol. The van der Waals surface area contributed by atoms with Gasteiger partial charge in [0.1, 0.15) is 11.6 Å². The molecule has 0 spiro atoms. The first-order chi connectivity index (χ1) is 75.8. The van der Waals surface area contributed by atoms with Gasteiger partial charge in [0.25, 0.3) is 0 Å². The minimum atomic E-state index is -2.23. The van der Waals surface area contributed by atoms with Crippen LogP contribution in [0.4, 0.5) is 45.5 Å². The number of pyridine rings is 2. The molecule has 0 saturated heterocycles. The van der Waals surface area contributed by atoms with Crippen molar-refractivity contribution in [3.05, 3.63) is 471 Å². The van der Waals surface area contributed by atoms with E-state index in [9.17, 15) is 16.4 Å². The number of anilines is 8. The number of para-hydroxylation sites is 6. The van der Waals surface area contributed by atoms with Gasteiger partial charge in [0.05, 0.1) is 43.9 Å². The predicted octanol–water partition coefficient (Wildman–Crippen LogP) is 30.1. The molecule has 0 amide bonds. The van der Waals surface area contributed by atoms with Gasteiger partial charge in [-0.1, -0.05) is 295 Å². The quantitative estimate of drug-likeness (QED) is 0.0899. The molecule has 2 aliphatic rings. The van der Waals surface area contributed by atoms with E-state index >= 15 is 0 Å². The average molecular weight is 2040 g/mol. The van der Waals surface area contributed by atoms with Crippen molar-refractivity contribution in [2.45, 2.75) is 65.2 Å². The van der Waals surface area contributed by atoms with Gasteiger partial charge in [0.15, 0.2) is 0 Å². The summed E-state index contributed by atoms with van der Waals surface area (Å²) in [5.74, 6) is 1.40. The van der Waals surface area contributed by atoms with E-state index in [0.29, 0.717) is 51.9 Å². The third kappa shape index (κ3) is 16.2. The second kappa shape index (κ2) is 35.4. The van der Waals surface area contributed by atoms with Crippen LogP contribution >= 0.6 is 0 Å². The molecule has 2 aliphatic heterocycles. The van der Waals surface area contributed by atoms with Gasteiger partial charge < -0.3 is 28.7 Å². The number of nitrogens with zero attached hydrogens (tertiary/aromatic N) is 8. The largest absolute Gasteiger partial charge is 0.493 e. The topological polar surface area (TPSA) is 48.6 Å². The molecule has 628 valence electrons. The van der Waals surface area contributed by atoms with E-state index in [4.69, 9.17) is 40.1 Å². The molecule has 22 rings (SSSR count). The summed E-state index contributed by atoms with van der Waals surface area (Å²) in [6.45, 7) is 15.9. The number of aromatic nitrogens is 4. The fraction of sp³-hybridized carbons (Fsp3) is 0.0847. The molecule has 16 aromatic carbocycles. The minimum Gasteiger partial charge on any atom is -0.493 e. The van der Waals surface area contributed by atoms with Gasteiger partial charge in [-0.3, -0.25) is 0 Å². The van der Waals surface area contributed by atoms with Gasteiger partial charge in [-0.2, -0.15) is 107 Å². The van der Waals surface area contributed by atoms with Gasteiger partial charge in [-0.25, -0.2) is 9.97 Å². The maximum Gasteiger partial charge on any atom is 0.135 e. The molecular weight excluding hydrogens is 1920 g/mol. The summed E-state index contributed by atoms with van der Waals surface area (Å²) in [5.41, 5.74) is 3.59. The third-order valence-electron chi connectivity index (χ3n) is 22.1. The molecule has 0 saturated carbocycles. The van der Waals surface area contributed by atoms with Crippen molar-refractivity contribution in [2.24, 2.45) is 0 Å². The van der Waals surface area contributed by atoms with E-state index in [0.717, 1.165) is 66.2 Å². The summed E-state index contributed by atoms with van der Waals surface area (Å²) in [6, 6.07) is 48.1. The smallest absolute Gasteiger partial charge is 0.135 e. The van der Waals surface area contributed by atoms with Crippen LogP contribution in [0.5, 0.6) is 0 Å². The van der Waals surface area contributed by atoms with Crippen LogP contribution in [0.2, 0.25) is 0 Å². The second-order valence-corrected chi connectivity index (χ2v) is 32.0. The van der Waals surface area contributed by atoms with Crippen LogP contribution < -0.4 is 19.6 Å². The summed E-state index contributed by atoms with van der Waals surface area (Å²) >= 11 is 0. The Bertz CT molecular complexity index is 9330. The first-order valence-corrected chi connectivity index (χ1v) is 40.5. The van der Waals surface area contributed by atoms with E-state index in [2.05, 4.69) is 94.6 Å². The molecule has 8 nitrogen and oxygen atoms in total. The van der Waals surface area contributed by atoms with E-state index in [1.807, 2.05) is 89.6 Å². The van der Waals surface area contributed by atoms with Crippen molar-refractivity contribution in [2.75, 3.05) is 19.6 Å². The number of hydrogen-bond donors (Lipinski definition) is 0. The van der Waals surface area contributed by atoms with E-state index in [1.165, 1.54) is 23.7 Å². The Morgan fingerprint density at radius 1 is 0.312 bits per heavy atom. The molecule has 0 fully saturated rings.